The molecule has 0 aliphatic heterocycles. The zero-order chi connectivity index (χ0) is 30.9. The van der Waals surface area contributed by atoms with Crippen LogP contribution in [0, 0.1) is 29.1 Å². The maximum Gasteiger partial charge on any atom is 0.235 e. The van der Waals surface area contributed by atoms with E-state index in [4.69, 9.17) is 5.73 Å². The number of phenolic OH excluding ortho intramolecular Hbond substituents is 1. The SMILES string of the molecule is CN(C)C1C(=O)C(C(N)=O)C(=O)C2(O)C(=O)C3C(=O)c4c(O)ccc(-c5ccc(NCC(C)(C)C)cc5)c4CC3CC12. The van der Waals surface area contributed by atoms with Gasteiger partial charge in [-0.2, -0.15) is 0 Å². The summed E-state index contributed by atoms with van der Waals surface area (Å²) in [4.78, 5) is 68.2. The second kappa shape index (κ2) is 10.1. The number of likely N-dealkylation sites (N-methyl/N-ethyl adjacent to an activating group) is 1. The number of nitrogens with zero attached hydrogens (tertiary/aromatic N) is 1. The Kier molecular flexibility index (Phi) is 7.14. The van der Waals surface area contributed by atoms with E-state index in [0.717, 1.165) is 23.4 Å². The quantitative estimate of drug-likeness (QED) is 0.390. The number of rotatable bonds is 5. The number of hydrogen-bond donors (Lipinski definition) is 4. The highest BCUT2D eigenvalue weighted by molar-refractivity contribution is 6.32. The van der Waals surface area contributed by atoms with Crippen molar-refractivity contribution in [2.45, 2.75) is 45.3 Å². The number of benzene rings is 2. The van der Waals surface area contributed by atoms with E-state index in [9.17, 15) is 34.2 Å². The number of carbonyl (C=O) groups excluding carboxylic acids is 5. The fraction of sp³-hybridized carbons (Fsp3) is 0.469. The standard InChI is InChI=1S/C32H37N3O7/c1-31(2,3)14-34-17-8-6-15(7-9-17)18-10-11-21(36)23-19(18)12-16-13-20-25(35(4)5)27(38)24(30(33)41)29(40)32(20,42)28(39)22(16)26(23)37/h6-11,16,20,22,24-25,34,36,42H,12-14H2,1-5H3,(H2,33,41). The molecule has 0 heterocycles. The van der Waals surface area contributed by atoms with E-state index in [1.165, 1.54) is 11.0 Å². The lowest BCUT2D eigenvalue weighted by Crippen LogP contribution is -2.74. The number of Topliss-reactive ketones (excluding diaryl/α,β-unsaturated/α-hetero) is 4. The summed E-state index contributed by atoms with van der Waals surface area (Å²) in [6.45, 7) is 7.18. The molecule has 5 rings (SSSR count). The van der Waals surface area contributed by atoms with Crippen LogP contribution in [0.5, 0.6) is 5.75 Å². The lowest BCUT2D eigenvalue weighted by atomic mass is 9.52. The normalized spacial score (nSPS) is 29.2. The van der Waals surface area contributed by atoms with Crippen molar-refractivity contribution < 1.29 is 34.2 Å². The molecule has 10 heteroatoms. The lowest BCUT2D eigenvalue weighted by molar-refractivity contribution is -0.181. The molecule has 0 bridgehead atoms. The number of hydrogen-bond acceptors (Lipinski definition) is 9. The van der Waals surface area contributed by atoms with E-state index in [2.05, 4.69) is 26.1 Å². The first-order chi connectivity index (χ1) is 19.6. The molecule has 5 N–H and O–H groups in total. The summed E-state index contributed by atoms with van der Waals surface area (Å²) in [6.07, 6.45) is 0.217. The Morgan fingerprint density at radius 1 is 1.05 bits per heavy atom. The van der Waals surface area contributed by atoms with Crippen LogP contribution in [-0.4, -0.2) is 76.4 Å². The van der Waals surface area contributed by atoms with E-state index in [1.54, 1.807) is 20.2 Å². The minimum Gasteiger partial charge on any atom is -0.507 e. The minimum absolute atomic E-state index is 0.00858. The summed E-state index contributed by atoms with van der Waals surface area (Å²) in [7, 11) is 3.12. The largest absolute Gasteiger partial charge is 0.507 e. The van der Waals surface area contributed by atoms with Gasteiger partial charge in [0.2, 0.25) is 5.91 Å². The van der Waals surface area contributed by atoms with Crippen molar-refractivity contribution in [1.29, 1.82) is 0 Å². The summed E-state index contributed by atoms with van der Waals surface area (Å²) >= 11 is 0. The van der Waals surface area contributed by atoms with Crippen LogP contribution in [0.4, 0.5) is 5.69 Å². The van der Waals surface area contributed by atoms with Gasteiger partial charge in [0.05, 0.1) is 17.5 Å². The van der Waals surface area contributed by atoms with Gasteiger partial charge >= 0.3 is 0 Å². The van der Waals surface area contributed by atoms with Crippen LogP contribution in [0.25, 0.3) is 11.1 Å². The van der Waals surface area contributed by atoms with E-state index in [-0.39, 0.29) is 29.6 Å². The average Bonchev–Trinajstić information content (AvgIpc) is 2.89. The van der Waals surface area contributed by atoms with Crippen molar-refractivity contribution in [3.8, 4) is 16.9 Å². The van der Waals surface area contributed by atoms with E-state index >= 15 is 0 Å². The van der Waals surface area contributed by atoms with Crippen LogP contribution in [0.1, 0.15) is 43.1 Å². The van der Waals surface area contributed by atoms with E-state index in [1.807, 2.05) is 24.3 Å². The van der Waals surface area contributed by atoms with Gasteiger partial charge < -0.3 is 21.3 Å². The third kappa shape index (κ3) is 4.53. The Labute approximate surface area is 244 Å². The maximum atomic E-state index is 14.0. The zero-order valence-corrected chi connectivity index (χ0v) is 24.4. The molecule has 2 aromatic rings. The molecule has 2 aromatic carbocycles. The fourth-order valence-electron chi connectivity index (χ4n) is 7.01. The van der Waals surface area contributed by atoms with Gasteiger partial charge in [0.15, 0.2) is 34.7 Å². The number of fused-ring (bicyclic) bond motifs is 3. The van der Waals surface area contributed by atoms with Crippen molar-refractivity contribution in [1.82, 2.24) is 4.90 Å². The summed E-state index contributed by atoms with van der Waals surface area (Å²) in [5.41, 5.74) is 5.75. The van der Waals surface area contributed by atoms with Gasteiger partial charge in [0.25, 0.3) is 0 Å². The van der Waals surface area contributed by atoms with E-state index in [0.29, 0.717) is 5.56 Å². The van der Waals surface area contributed by atoms with Crippen LogP contribution in [-0.2, 0) is 25.6 Å². The smallest absolute Gasteiger partial charge is 0.235 e. The highest BCUT2D eigenvalue weighted by atomic mass is 16.3. The summed E-state index contributed by atoms with van der Waals surface area (Å²) in [6, 6.07) is 9.71. The first-order valence-electron chi connectivity index (χ1n) is 14.1. The van der Waals surface area contributed by atoms with Crippen molar-refractivity contribution in [2.24, 2.45) is 34.8 Å². The summed E-state index contributed by atoms with van der Waals surface area (Å²) < 4.78 is 0. The second-order valence-corrected chi connectivity index (χ2v) is 13.3. The Morgan fingerprint density at radius 3 is 2.26 bits per heavy atom. The number of aliphatic hydroxyl groups is 1. The molecule has 6 atom stereocenters. The van der Waals surface area contributed by atoms with Gasteiger partial charge in [-0.3, -0.25) is 28.9 Å². The molecular formula is C32H37N3O7. The van der Waals surface area contributed by atoms with Crippen LogP contribution in [0.2, 0.25) is 0 Å². The topological polar surface area (TPSA) is 167 Å². The molecular weight excluding hydrogens is 538 g/mol. The van der Waals surface area contributed by atoms with Gasteiger partial charge in [-0.1, -0.05) is 39.0 Å². The van der Waals surface area contributed by atoms with Crippen LogP contribution in [0.3, 0.4) is 0 Å². The van der Waals surface area contributed by atoms with Crippen molar-refractivity contribution >= 4 is 34.7 Å². The molecule has 3 aliphatic carbocycles. The minimum atomic E-state index is -2.74. The van der Waals surface area contributed by atoms with Crippen LogP contribution in [0.15, 0.2) is 36.4 Å². The van der Waals surface area contributed by atoms with Gasteiger partial charge in [-0.25, -0.2) is 0 Å². The number of aromatic hydroxyl groups is 1. The van der Waals surface area contributed by atoms with Gasteiger partial charge in [0, 0.05) is 18.2 Å². The Hall–Kier alpha value is -3.89. The van der Waals surface area contributed by atoms with Crippen LogP contribution >= 0.6 is 0 Å². The number of ketones is 4. The summed E-state index contributed by atoms with van der Waals surface area (Å²) in [5, 5.41) is 25.9. The molecule has 2 saturated carbocycles. The van der Waals surface area contributed by atoms with Gasteiger partial charge in [-0.05, 0) is 73.2 Å². The van der Waals surface area contributed by atoms with Gasteiger partial charge in [0.1, 0.15) is 5.75 Å². The average molecular weight is 576 g/mol. The molecule has 0 saturated heterocycles. The molecule has 222 valence electrons. The fourth-order valence-corrected chi connectivity index (χ4v) is 7.01. The predicted molar refractivity (Wildman–Crippen MR) is 155 cm³/mol. The first kappa shape index (κ1) is 29.6. The Morgan fingerprint density at radius 2 is 1.69 bits per heavy atom. The third-order valence-corrected chi connectivity index (χ3v) is 8.96. The predicted octanol–water partition coefficient (Wildman–Crippen LogP) is 1.99. The number of carbonyl (C=O) groups is 5. The molecule has 6 unspecified atom stereocenters. The molecule has 42 heavy (non-hydrogen) atoms. The maximum absolute atomic E-state index is 14.0. The Bertz CT molecular complexity index is 1510. The molecule has 3 aliphatic rings. The molecule has 0 radical (unpaired) electrons. The third-order valence-electron chi connectivity index (χ3n) is 8.96. The van der Waals surface area contributed by atoms with Crippen molar-refractivity contribution in [3.63, 3.8) is 0 Å². The number of phenols is 1. The first-order valence-corrected chi connectivity index (χ1v) is 14.1. The highest BCUT2D eigenvalue weighted by Crippen LogP contribution is 2.51. The Balaban J connectivity index is 1.56. The lowest BCUT2D eigenvalue weighted by Gasteiger charge is -2.52. The van der Waals surface area contributed by atoms with Crippen LogP contribution < -0.4 is 11.1 Å². The molecule has 10 nitrogen and oxygen atoms in total. The monoisotopic (exact) mass is 575 g/mol. The number of nitrogens with two attached hydrogens (primary N) is 1. The second-order valence-electron chi connectivity index (χ2n) is 13.3. The summed E-state index contributed by atoms with van der Waals surface area (Å²) in [5.74, 6) is -10.5. The molecule has 2 fully saturated rings. The van der Waals surface area contributed by atoms with Gasteiger partial charge in [-0.15, -0.1) is 0 Å². The number of anilines is 1. The van der Waals surface area contributed by atoms with Crippen molar-refractivity contribution in [3.05, 3.63) is 47.5 Å². The molecule has 0 spiro atoms. The molecule has 1 amide bonds. The number of nitrogens with one attached hydrogen (secondary N) is 1. The number of primary amides is 1. The zero-order valence-electron chi connectivity index (χ0n) is 24.4. The van der Waals surface area contributed by atoms with E-state index < -0.39 is 64.4 Å². The molecule has 0 aromatic heterocycles. The highest BCUT2D eigenvalue weighted by Gasteiger charge is 2.69. The van der Waals surface area contributed by atoms with Crippen molar-refractivity contribution in [2.75, 3.05) is 26.0 Å². The number of amides is 1.